The molecule has 1 aliphatic rings. The molecule has 1 aliphatic carbocycles. The molecular formula is C23H24FN5O2S. The van der Waals surface area contributed by atoms with E-state index in [-0.39, 0.29) is 35.5 Å². The molecule has 1 heterocycles. The van der Waals surface area contributed by atoms with Crippen LogP contribution in [0.1, 0.15) is 43.1 Å². The number of hydrogen-bond donors (Lipinski definition) is 2. The number of hydrogen-bond acceptors (Lipinski definition) is 5. The Morgan fingerprint density at radius 1 is 1.12 bits per heavy atom. The van der Waals surface area contributed by atoms with Gasteiger partial charge in [-0.05, 0) is 51.0 Å². The number of para-hydroxylation sites is 1. The molecule has 0 bridgehead atoms. The van der Waals surface area contributed by atoms with Crippen LogP contribution in [-0.4, -0.2) is 38.4 Å². The summed E-state index contributed by atoms with van der Waals surface area (Å²) in [5, 5.41) is 14.6. The maximum absolute atomic E-state index is 14.3. The van der Waals surface area contributed by atoms with Crippen molar-refractivity contribution in [3.05, 3.63) is 59.9 Å². The molecule has 7 nitrogen and oxygen atoms in total. The Morgan fingerprint density at radius 2 is 1.84 bits per heavy atom. The van der Waals surface area contributed by atoms with Gasteiger partial charge < -0.3 is 10.6 Å². The van der Waals surface area contributed by atoms with Crippen LogP contribution in [0.3, 0.4) is 0 Å². The molecule has 2 aromatic carbocycles. The van der Waals surface area contributed by atoms with Crippen molar-refractivity contribution >= 4 is 29.3 Å². The van der Waals surface area contributed by atoms with E-state index in [9.17, 15) is 14.0 Å². The van der Waals surface area contributed by atoms with E-state index >= 15 is 0 Å². The van der Waals surface area contributed by atoms with E-state index in [1.165, 1.54) is 17.8 Å². The zero-order valence-corrected chi connectivity index (χ0v) is 18.7. The molecule has 0 aliphatic heterocycles. The molecule has 3 aromatic rings. The van der Waals surface area contributed by atoms with Crippen LogP contribution in [0.5, 0.6) is 0 Å². The van der Waals surface area contributed by atoms with Gasteiger partial charge in [-0.25, -0.2) is 4.39 Å². The van der Waals surface area contributed by atoms with Crippen molar-refractivity contribution in [1.82, 2.24) is 20.1 Å². The molecule has 0 spiro atoms. The fourth-order valence-electron chi connectivity index (χ4n) is 3.31. The van der Waals surface area contributed by atoms with E-state index in [2.05, 4.69) is 20.8 Å². The lowest BCUT2D eigenvalue weighted by atomic mass is 10.1. The molecule has 2 amide bonds. The second-order valence-electron chi connectivity index (χ2n) is 7.90. The maximum Gasteiger partial charge on any atom is 0.253 e. The van der Waals surface area contributed by atoms with Crippen LogP contribution in [0.4, 0.5) is 10.1 Å². The number of nitrogens with one attached hydrogen (secondary N) is 2. The average molecular weight is 454 g/mol. The predicted octanol–water partition coefficient (Wildman–Crippen LogP) is 4.29. The molecule has 0 saturated heterocycles. The minimum absolute atomic E-state index is 0.0146. The first-order valence-corrected chi connectivity index (χ1v) is 11.4. The number of benzene rings is 2. The summed E-state index contributed by atoms with van der Waals surface area (Å²) in [6.07, 6.45) is 1.94. The van der Waals surface area contributed by atoms with Gasteiger partial charge in [0, 0.05) is 12.1 Å². The molecule has 0 radical (unpaired) electrons. The summed E-state index contributed by atoms with van der Waals surface area (Å²) in [4.78, 5) is 25.0. The van der Waals surface area contributed by atoms with Crippen LogP contribution in [0.2, 0.25) is 0 Å². The summed E-state index contributed by atoms with van der Waals surface area (Å²) in [5.41, 5.74) is 1.25. The topological polar surface area (TPSA) is 88.9 Å². The number of thioether (sulfide) groups is 1. The van der Waals surface area contributed by atoms with Crippen molar-refractivity contribution in [3.63, 3.8) is 0 Å². The zero-order valence-electron chi connectivity index (χ0n) is 17.8. The van der Waals surface area contributed by atoms with Gasteiger partial charge >= 0.3 is 0 Å². The number of rotatable bonds is 8. The number of carbonyl (C=O) groups excluding carboxylic acids is 2. The SMILES string of the molecule is CC(C)NC(=O)c1ccccc1NC(=O)CSc1nnc(-c2ccccc2F)n1C1CC1. The second kappa shape index (κ2) is 9.52. The van der Waals surface area contributed by atoms with Crippen molar-refractivity contribution < 1.29 is 14.0 Å². The average Bonchev–Trinajstić information content (AvgIpc) is 3.51. The fraction of sp³-hybridized carbons (Fsp3) is 0.304. The molecule has 4 rings (SSSR count). The lowest BCUT2D eigenvalue weighted by molar-refractivity contribution is -0.113. The summed E-state index contributed by atoms with van der Waals surface area (Å²) < 4.78 is 16.2. The molecule has 0 atom stereocenters. The van der Waals surface area contributed by atoms with Crippen molar-refractivity contribution in [1.29, 1.82) is 0 Å². The molecule has 166 valence electrons. The predicted molar refractivity (Wildman–Crippen MR) is 122 cm³/mol. The summed E-state index contributed by atoms with van der Waals surface area (Å²) in [6, 6.07) is 13.6. The van der Waals surface area contributed by atoms with Gasteiger partial charge in [0.2, 0.25) is 5.91 Å². The Hall–Kier alpha value is -3.20. The maximum atomic E-state index is 14.3. The largest absolute Gasteiger partial charge is 0.350 e. The zero-order chi connectivity index (χ0) is 22.7. The Balaban J connectivity index is 1.47. The summed E-state index contributed by atoms with van der Waals surface area (Å²) in [6.45, 7) is 3.75. The first kappa shape index (κ1) is 22.0. The molecule has 1 aromatic heterocycles. The highest BCUT2D eigenvalue weighted by atomic mass is 32.2. The van der Waals surface area contributed by atoms with Gasteiger partial charge in [-0.2, -0.15) is 0 Å². The molecular weight excluding hydrogens is 429 g/mol. The van der Waals surface area contributed by atoms with Gasteiger partial charge in [0.05, 0.1) is 22.6 Å². The first-order valence-electron chi connectivity index (χ1n) is 10.5. The van der Waals surface area contributed by atoms with Crippen molar-refractivity contribution in [3.8, 4) is 11.4 Å². The molecule has 0 unspecified atom stereocenters. The van der Waals surface area contributed by atoms with E-state index in [4.69, 9.17) is 0 Å². The van der Waals surface area contributed by atoms with Crippen LogP contribution in [0, 0.1) is 5.82 Å². The van der Waals surface area contributed by atoms with Gasteiger partial charge in [-0.15, -0.1) is 10.2 Å². The third-order valence-corrected chi connectivity index (χ3v) is 5.83. The van der Waals surface area contributed by atoms with Gasteiger partial charge in [-0.3, -0.25) is 14.2 Å². The Morgan fingerprint density at radius 3 is 2.56 bits per heavy atom. The van der Waals surface area contributed by atoms with Gasteiger partial charge in [0.1, 0.15) is 5.82 Å². The van der Waals surface area contributed by atoms with Gasteiger partial charge in [0.15, 0.2) is 11.0 Å². The second-order valence-corrected chi connectivity index (χ2v) is 8.84. The summed E-state index contributed by atoms with van der Waals surface area (Å²) in [5.74, 6) is -0.303. The standard InChI is InChI=1S/C23H24FN5O2S/c1-14(2)25-22(31)17-8-4-6-10-19(17)26-20(30)13-32-23-28-27-21(29(23)15-11-12-15)16-7-3-5-9-18(16)24/h3-10,14-15H,11-13H2,1-2H3,(H,25,31)(H,26,30). The minimum Gasteiger partial charge on any atom is -0.350 e. The minimum atomic E-state index is -0.354. The van der Waals surface area contributed by atoms with Crippen molar-refractivity contribution in [2.75, 3.05) is 11.1 Å². The quantitative estimate of drug-likeness (QED) is 0.497. The highest BCUT2D eigenvalue weighted by Gasteiger charge is 2.31. The third kappa shape index (κ3) is 4.99. The van der Waals surface area contributed by atoms with E-state index in [0.717, 1.165) is 12.8 Å². The van der Waals surface area contributed by atoms with Crippen LogP contribution < -0.4 is 10.6 Å². The molecule has 2 N–H and O–H groups in total. The van der Waals surface area contributed by atoms with Crippen LogP contribution in [0.15, 0.2) is 53.7 Å². The van der Waals surface area contributed by atoms with Gasteiger partial charge in [-0.1, -0.05) is 36.0 Å². The number of amides is 2. The van der Waals surface area contributed by atoms with Crippen molar-refractivity contribution in [2.45, 2.75) is 43.9 Å². The monoisotopic (exact) mass is 453 g/mol. The fourth-order valence-corrected chi connectivity index (χ4v) is 4.12. The number of nitrogens with zero attached hydrogens (tertiary/aromatic N) is 3. The van der Waals surface area contributed by atoms with Crippen molar-refractivity contribution in [2.24, 2.45) is 0 Å². The van der Waals surface area contributed by atoms with Crippen LogP contribution >= 0.6 is 11.8 Å². The number of anilines is 1. The number of aromatic nitrogens is 3. The molecule has 1 fully saturated rings. The summed E-state index contributed by atoms with van der Waals surface area (Å²) in [7, 11) is 0. The lowest BCUT2D eigenvalue weighted by Crippen LogP contribution is -2.31. The first-order chi connectivity index (χ1) is 15.4. The van der Waals surface area contributed by atoms with Crippen LogP contribution in [0.25, 0.3) is 11.4 Å². The van der Waals surface area contributed by atoms with E-state index < -0.39 is 0 Å². The highest BCUT2D eigenvalue weighted by molar-refractivity contribution is 7.99. The van der Waals surface area contributed by atoms with E-state index in [0.29, 0.717) is 27.8 Å². The smallest absolute Gasteiger partial charge is 0.253 e. The van der Waals surface area contributed by atoms with E-state index in [1.54, 1.807) is 42.5 Å². The summed E-state index contributed by atoms with van der Waals surface area (Å²) >= 11 is 1.24. The normalized spacial score (nSPS) is 13.2. The molecule has 32 heavy (non-hydrogen) atoms. The number of carbonyl (C=O) groups is 2. The number of halogens is 1. The third-order valence-electron chi connectivity index (χ3n) is 4.89. The molecule has 9 heteroatoms. The Bertz CT molecular complexity index is 1140. The van der Waals surface area contributed by atoms with E-state index in [1.807, 2.05) is 18.4 Å². The van der Waals surface area contributed by atoms with Gasteiger partial charge in [0.25, 0.3) is 5.91 Å². The highest BCUT2D eigenvalue weighted by Crippen LogP contribution is 2.41. The Labute approximate surface area is 189 Å². The lowest BCUT2D eigenvalue weighted by Gasteiger charge is -2.13. The Kier molecular flexibility index (Phi) is 6.55. The van der Waals surface area contributed by atoms with Crippen LogP contribution in [-0.2, 0) is 4.79 Å². The molecule has 1 saturated carbocycles.